The number of carbonyl (C=O) groups excluding carboxylic acids is 2. The molecule has 0 unspecified atom stereocenters. The molecule has 2 N–H and O–H groups in total. The molecule has 0 aliphatic heterocycles. The number of nitrogens with one attached hydrogen (secondary N) is 2. The molecule has 0 heterocycles. The molecule has 1 amide bonds. The third-order valence-corrected chi connectivity index (χ3v) is 3.77. The summed E-state index contributed by atoms with van der Waals surface area (Å²) >= 11 is 7.26. The summed E-state index contributed by atoms with van der Waals surface area (Å²) < 4.78 is 5.66. The Bertz CT molecular complexity index is 764. The number of esters is 1. The summed E-state index contributed by atoms with van der Waals surface area (Å²) in [5, 5.41) is 5.52. The van der Waals surface area contributed by atoms with Crippen LogP contribution in [0.1, 0.15) is 20.7 Å². The van der Waals surface area contributed by atoms with Crippen molar-refractivity contribution in [3.05, 3.63) is 63.2 Å². The van der Waals surface area contributed by atoms with Gasteiger partial charge in [-0.3, -0.25) is 10.1 Å². The number of carbonyl (C=O) groups is 2. The van der Waals surface area contributed by atoms with E-state index in [9.17, 15) is 9.59 Å². The summed E-state index contributed by atoms with van der Waals surface area (Å²) in [6.07, 6.45) is 0. The van der Waals surface area contributed by atoms with Gasteiger partial charge in [-0.05, 0) is 65.1 Å². The first-order chi connectivity index (χ1) is 11.0. The number of rotatable bonds is 3. The van der Waals surface area contributed by atoms with Crippen molar-refractivity contribution in [2.75, 3.05) is 12.4 Å². The summed E-state index contributed by atoms with van der Waals surface area (Å²) in [5.74, 6) is -0.809. The van der Waals surface area contributed by atoms with Crippen LogP contribution in [-0.2, 0) is 4.74 Å². The lowest BCUT2D eigenvalue weighted by Crippen LogP contribution is -2.34. The van der Waals surface area contributed by atoms with Crippen molar-refractivity contribution >= 4 is 57.5 Å². The van der Waals surface area contributed by atoms with Crippen LogP contribution < -0.4 is 10.6 Å². The van der Waals surface area contributed by atoms with E-state index in [1.165, 1.54) is 7.11 Å². The van der Waals surface area contributed by atoms with Crippen molar-refractivity contribution in [3.8, 4) is 0 Å². The predicted molar refractivity (Wildman–Crippen MR) is 101 cm³/mol. The minimum absolute atomic E-state index is 0.102. The second-order valence-corrected chi connectivity index (χ2v) is 6.11. The molecule has 5 nitrogen and oxygen atoms in total. The topological polar surface area (TPSA) is 67.4 Å². The van der Waals surface area contributed by atoms with Gasteiger partial charge in [0.1, 0.15) is 0 Å². The molecule has 0 aliphatic rings. The average Bonchev–Trinajstić information content (AvgIpc) is 2.54. The number of thiocarbonyl (C=S) groups is 1. The molecule has 0 saturated heterocycles. The summed E-state index contributed by atoms with van der Waals surface area (Å²) in [6.45, 7) is 0. The summed E-state index contributed by atoms with van der Waals surface area (Å²) in [5.41, 5.74) is 1.30. The monoisotopic (exact) mass is 440 g/mol. The Morgan fingerprint density at radius 1 is 1.13 bits per heavy atom. The van der Waals surface area contributed by atoms with Gasteiger partial charge >= 0.3 is 5.97 Å². The zero-order chi connectivity index (χ0) is 16.8. The highest BCUT2D eigenvalue weighted by atomic mass is 127. The molecular formula is C16H13IN2O3S. The van der Waals surface area contributed by atoms with Gasteiger partial charge in [0.25, 0.3) is 5.91 Å². The van der Waals surface area contributed by atoms with Gasteiger partial charge in [0.05, 0.1) is 18.4 Å². The molecule has 0 spiro atoms. The molecule has 2 aromatic rings. The molecule has 0 atom stereocenters. The zero-order valence-corrected chi connectivity index (χ0v) is 15.1. The van der Waals surface area contributed by atoms with Crippen LogP contribution in [0.4, 0.5) is 5.69 Å². The van der Waals surface area contributed by atoms with E-state index in [-0.39, 0.29) is 11.0 Å². The fourth-order valence-corrected chi connectivity index (χ4v) is 2.58. The van der Waals surface area contributed by atoms with E-state index in [0.29, 0.717) is 16.8 Å². The van der Waals surface area contributed by atoms with Crippen LogP contribution in [0.3, 0.4) is 0 Å². The first-order valence-corrected chi connectivity index (χ1v) is 8.05. The smallest absolute Gasteiger partial charge is 0.339 e. The van der Waals surface area contributed by atoms with Crippen LogP contribution in [-0.4, -0.2) is 24.1 Å². The van der Waals surface area contributed by atoms with E-state index in [1.807, 2.05) is 6.07 Å². The summed E-state index contributed by atoms with van der Waals surface area (Å²) in [4.78, 5) is 23.8. The molecule has 2 aromatic carbocycles. The van der Waals surface area contributed by atoms with E-state index in [2.05, 4.69) is 33.2 Å². The van der Waals surface area contributed by atoms with E-state index in [1.54, 1.807) is 42.5 Å². The number of anilines is 1. The summed E-state index contributed by atoms with van der Waals surface area (Å²) in [6, 6.07) is 13.9. The quantitative estimate of drug-likeness (QED) is 0.436. The van der Waals surface area contributed by atoms with Gasteiger partial charge in [-0.15, -0.1) is 0 Å². The SMILES string of the molecule is COC(=O)c1ccccc1NC(=S)NC(=O)c1cccc(I)c1. The average molecular weight is 440 g/mol. The number of para-hydroxylation sites is 1. The fraction of sp³-hybridized carbons (Fsp3) is 0.0625. The Balaban J connectivity index is 2.08. The molecule has 23 heavy (non-hydrogen) atoms. The lowest BCUT2D eigenvalue weighted by molar-refractivity contribution is 0.0602. The van der Waals surface area contributed by atoms with Crippen LogP contribution in [0.2, 0.25) is 0 Å². The third kappa shape index (κ3) is 4.73. The number of halogens is 1. The Hall–Kier alpha value is -2.00. The molecule has 0 fully saturated rings. The number of amides is 1. The maximum atomic E-state index is 12.1. The molecule has 0 bridgehead atoms. The highest BCUT2D eigenvalue weighted by Crippen LogP contribution is 2.16. The van der Waals surface area contributed by atoms with Crippen LogP contribution in [0.5, 0.6) is 0 Å². The molecule has 0 aromatic heterocycles. The second-order valence-electron chi connectivity index (χ2n) is 4.46. The lowest BCUT2D eigenvalue weighted by Gasteiger charge is -2.12. The minimum atomic E-state index is -0.486. The van der Waals surface area contributed by atoms with Gasteiger partial charge in [0.15, 0.2) is 5.11 Å². The number of benzene rings is 2. The Labute approximate surface area is 152 Å². The fourth-order valence-electron chi connectivity index (χ4n) is 1.84. The van der Waals surface area contributed by atoms with Crippen molar-refractivity contribution < 1.29 is 14.3 Å². The van der Waals surface area contributed by atoms with Crippen LogP contribution in [0.15, 0.2) is 48.5 Å². The highest BCUT2D eigenvalue weighted by Gasteiger charge is 2.13. The number of ether oxygens (including phenoxy) is 1. The molecule has 0 saturated carbocycles. The Kier molecular flexibility index (Phi) is 6.05. The molecule has 2 rings (SSSR count). The molecule has 7 heteroatoms. The largest absolute Gasteiger partial charge is 0.465 e. The van der Waals surface area contributed by atoms with Crippen molar-refractivity contribution in [3.63, 3.8) is 0 Å². The van der Waals surface area contributed by atoms with Gasteiger partial charge in [-0.2, -0.15) is 0 Å². The minimum Gasteiger partial charge on any atom is -0.465 e. The van der Waals surface area contributed by atoms with Crippen molar-refractivity contribution in [1.29, 1.82) is 0 Å². The maximum Gasteiger partial charge on any atom is 0.339 e. The van der Waals surface area contributed by atoms with Gasteiger partial charge in [0, 0.05) is 9.13 Å². The van der Waals surface area contributed by atoms with Gasteiger partial charge in [-0.25, -0.2) is 4.79 Å². The Morgan fingerprint density at radius 3 is 2.57 bits per heavy atom. The van der Waals surface area contributed by atoms with Crippen molar-refractivity contribution in [2.24, 2.45) is 0 Å². The van der Waals surface area contributed by atoms with Gasteiger partial charge in [0.2, 0.25) is 0 Å². The van der Waals surface area contributed by atoms with Crippen LogP contribution >= 0.6 is 34.8 Å². The summed E-state index contributed by atoms with van der Waals surface area (Å²) in [7, 11) is 1.30. The molecular weight excluding hydrogens is 427 g/mol. The van der Waals surface area contributed by atoms with Crippen LogP contribution in [0.25, 0.3) is 0 Å². The number of methoxy groups -OCH3 is 1. The molecule has 0 radical (unpaired) electrons. The zero-order valence-electron chi connectivity index (χ0n) is 12.1. The van der Waals surface area contributed by atoms with Crippen molar-refractivity contribution in [1.82, 2.24) is 5.32 Å². The predicted octanol–water partition coefficient (Wildman–Crippen LogP) is 3.20. The van der Waals surface area contributed by atoms with E-state index in [4.69, 9.17) is 17.0 Å². The number of hydrogen-bond donors (Lipinski definition) is 2. The molecule has 118 valence electrons. The Morgan fingerprint density at radius 2 is 1.87 bits per heavy atom. The highest BCUT2D eigenvalue weighted by molar-refractivity contribution is 14.1. The molecule has 0 aliphatic carbocycles. The van der Waals surface area contributed by atoms with Crippen LogP contribution in [0, 0.1) is 3.57 Å². The van der Waals surface area contributed by atoms with Gasteiger partial charge < -0.3 is 10.1 Å². The van der Waals surface area contributed by atoms with Crippen molar-refractivity contribution in [2.45, 2.75) is 0 Å². The number of hydrogen-bond acceptors (Lipinski definition) is 4. The third-order valence-electron chi connectivity index (χ3n) is 2.89. The van der Waals surface area contributed by atoms with E-state index < -0.39 is 5.97 Å². The normalized spacial score (nSPS) is 9.83. The first-order valence-electron chi connectivity index (χ1n) is 6.56. The lowest BCUT2D eigenvalue weighted by atomic mass is 10.2. The van der Waals surface area contributed by atoms with E-state index >= 15 is 0 Å². The second kappa shape index (κ2) is 8.02. The maximum absolute atomic E-state index is 12.1. The van der Waals surface area contributed by atoms with E-state index in [0.717, 1.165) is 3.57 Å². The first kappa shape index (κ1) is 17.4. The van der Waals surface area contributed by atoms with Gasteiger partial charge in [-0.1, -0.05) is 18.2 Å². The standard InChI is InChI=1S/C16H13IN2O3S/c1-22-15(21)12-7-2-3-8-13(12)18-16(23)19-14(20)10-5-4-6-11(17)9-10/h2-9H,1H3,(H2,18,19,20,23).